The largest absolute Gasteiger partial charge is 0.365 e. The Morgan fingerprint density at radius 2 is 2.27 bits per heavy atom. The zero-order valence-corrected chi connectivity index (χ0v) is 8.56. The molecule has 0 atom stereocenters. The molecule has 1 aromatic heterocycles. The van der Waals surface area contributed by atoms with Gasteiger partial charge in [0.1, 0.15) is 12.0 Å². The molecular weight excluding hydrogens is 194 g/mol. The normalized spacial score (nSPS) is 17.9. The van der Waals surface area contributed by atoms with Gasteiger partial charge in [0.05, 0.1) is 4.92 Å². The van der Waals surface area contributed by atoms with Crippen LogP contribution in [-0.2, 0) is 0 Å². The summed E-state index contributed by atoms with van der Waals surface area (Å²) in [6.07, 6.45) is 4.78. The van der Waals surface area contributed by atoms with Gasteiger partial charge in [0.25, 0.3) is 5.69 Å². The summed E-state index contributed by atoms with van der Waals surface area (Å²) in [6.45, 7) is 2.14. The topological polar surface area (TPSA) is 68.1 Å². The summed E-state index contributed by atoms with van der Waals surface area (Å²) >= 11 is 0. The molecule has 1 aromatic rings. The lowest BCUT2D eigenvalue weighted by Crippen LogP contribution is -2.41. The van der Waals surface area contributed by atoms with Crippen molar-refractivity contribution >= 4 is 11.5 Å². The summed E-state index contributed by atoms with van der Waals surface area (Å²) in [6, 6.07) is 3.12. The minimum atomic E-state index is -0.443. The highest BCUT2D eigenvalue weighted by molar-refractivity contribution is 5.42. The van der Waals surface area contributed by atoms with Crippen LogP contribution in [0.15, 0.2) is 18.3 Å². The van der Waals surface area contributed by atoms with E-state index in [0.29, 0.717) is 5.82 Å². The third-order valence-corrected chi connectivity index (χ3v) is 2.85. The molecule has 15 heavy (non-hydrogen) atoms. The van der Waals surface area contributed by atoms with Crippen LogP contribution in [0.4, 0.5) is 11.5 Å². The zero-order chi connectivity index (χ0) is 10.9. The molecule has 1 heterocycles. The Hall–Kier alpha value is -1.65. The van der Waals surface area contributed by atoms with Gasteiger partial charge in [-0.3, -0.25) is 10.1 Å². The van der Waals surface area contributed by atoms with E-state index >= 15 is 0 Å². The predicted molar refractivity (Wildman–Crippen MR) is 56.8 cm³/mol. The van der Waals surface area contributed by atoms with Crippen molar-refractivity contribution < 1.29 is 4.92 Å². The number of nitro groups is 1. The molecule has 1 aliphatic carbocycles. The molecule has 0 saturated heterocycles. The molecule has 5 nitrogen and oxygen atoms in total. The maximum atomic E-state index is 10.4. The molecular formula is C10H13N3O2. The highest BCUT2D eigenvalue weighted by atomic mass is 16.6. The SMILES string of the molecule is CC1(Nc2ccc([N+](=O)[O-])cn2)CCC1. The van der Waals surface area contributed by atoms with Crippen molar-refractivity contribution in [3.63, 3.8) is 0 Å². The minimum Gasteiger partial charge on any atom is -0.365 e. The van der Waals surface area contributed by atoms with E-state index in [4.69, 9.17) is 0 Å². The third-order valence-electron chi connectivity index (χ3n) is 2.85. The van der Waals surface area contributed by atoms with E-state index in [1.165, 1.54) is 18.7 Å². The number of anilines is 1. The van der Waals surface area contributed by atoms with Gasteiger partial charge >= 0.3 is 0 Å². The molecule has 1 N–H and O–H groups in total. The van der Waals surface area contributed by atoms with Gasteiger partial charge in [0, 0.05) is 11.6 Å². The second kappa shape index (κ2) is 3.49. The van der Waals surface area contributed by atoms with Crippen molar-refractivity contribution in [2.45, 2.75) is 31.7 Å². The first kappa shape index (κ1) is 9.89. The summed E-state index contributed by atoms with van der Waals surface area (Å²) in [5.41, 5.74) is 0.155. The number of hydrogen-bond acceptors (Lipinski definition) is 4. The smallest absolute Gasteiger partial charge is 0.287 e. The highest BCUT2D eigenvalue weighted by Gasteiger charge is 2.31. The molecule has 0 unspecified atom stereocenters. The molecule has 1 aliphatic rings. The zero-order valence-electron chi connectivity index (χ0n) is 8.56. The number of aromatic nitrogens is 1. The first-order valence-electron chi connectivity index (χ1n) is 4.98. The van der Waals surface area contributed by atoms with E-state index in [9.17, 15) is 10.1 Å². The Morgan fingerprint density at radius 1 is 1.53 bits per heavy atom. The van der Waals surface area contributed by atoms with Crippen molar-refractivity contribution in [1.82, 2.24) is 4.98 Å². The summed E-state index contributed by atoms with van der Waals surface area (Å²) in [4.78, 5) is 14.0. The van der Waals surface area contributed by atoms with E-state index in [1.54, 1.807) is 6.07 Å². The average molecular weight is 207 g/mol. The van der Waals surface area contributed by atoms with Crippen molar-refractivity contribution in [2.24, 2.45) is 0 Å². The van der Waals surface area contributed by atoms with Gasteiger partial charge in [-0.05, 0) is 32.3 Å². The summed E-state index contributed by atoms with van der Waals surface area (Å²) in [7, 11) is 0. The van der Waals surface area contributed by atoms with Crippen molar-refractivity contribution in [2.75, 3.05) is 5.32 Å². The Balaban J connectivity index is 2.07. The van der Waals surface area contributed by atoms with E-state index in [1.807, 2.05) is 0 Å². The summed E-state index contributed by atoms with van der Waals surface area (Å²) < 4.78 is 0. The molecule has 0 bridgehead atoms. The summed E-state index contributed by atoms with van der Waals surface area (Å²) in [5.74, 6) is 0.711. The second-order valence-corrected chi connectivity index (χ2v) is 4.20. The Morgan fingerprint density at radius 3 is 2.67 bits per heavy atom. The van der Waals surface area contributed by atoms with E-state index in [2.05, 4.69) is 17.2 Å². The molecule has 0 amide bonds. The lowest BCUT2D eigenvalue weighted by Gasteiger charge is -2.39. The van der Waals surface area contributed by atoms with Crippen molar-refractivity contribution in [3.05, 3.63) is 28.4 Å². The monoisotopic (exact) mass is 207 g/mol. The van der Waals surface area contributed by atoms with Gasteiger partial charge in [-0.15, -0.1) is 0 Å². The van der Waals surface area contributed by atoms with Gasteiger partial charge in [-0.25, -0.2) is 4.98 Å². The first-order valence-corrected chi connectivity index (χ1v) is 4.98. The second-order valence-electron chi connectivity index (χ2n) is 4.20. The number of nitrogens with one attached hydrogen (secondary N) is 1. The molecule has 1 fully saturated rings. The van der Waals surface area contributed by atoms with Crippen molar-refractivity contribution in [1.29, 1.82) is 0 Å². The number of nitrogens with zero attached hydrogens (tertiary/aromatic N) is 2. The fraction of sp³-hybridized carbons (Fsp3) is 0.500. The maximum absolute atomic E-state index is 10.4. The third kappa shape index (κ3) is 2.06. The van der Waals surface area contributed by atoms with Gasteiger partial charge < -0.3 is 5.32 Å². The average Bonchev–Trinajstić information content (AvgIpc) is 2.16. The quantitative estimate of drug-likeness (QED) is 0.610. The molecule has 1 saturated carbocycles. The number of rotatable bonds is 3. The van der Waals surface area contributed by atoms with Crippen LogP contribution in [0.1, 0.15) is 26.2 Å². The predicted octanol–water partition coefficient (Wildman–Crippen LogP) is 2.34. The first-order chi connectivity index (χ1) is 7.09. The molecule has 0 radical (unpaired) electrons. The van der Waals surface area contributed by atoms with Crippen LogP contribution < -0.4 is 5.32 Å². The molecule has 5 heteroatoms. The van der Waals surface area contributed by atoms with E-state index < -0.39 is 4.92 Å². The van der Waals surface area contributed by atoms with Crippen LogP contribution in [-0.4, -0.2) is 15.4 Å². The minimum absolute atomic E-state index is 0.0271. The van der Waals surface area contributed by atoms with E-state index in [0.717, 1.165) is 12.8 Å². The Kier molecular flexibility index (Phi) is 2.30. The Labute approximate surface area is 87.7 Å². The van der Waals surface area contributed by atoms with Gasteiger partial charge in [-0.2, -0.15) is 0 Å². The fourth-order valence-corrected chi connectivity index (χ4v) is 1.71. The number of hydrogen-bond donors (Lipinski definition) is 1. The lowest BCUT2D eigenvalue weighted by atomic mass is 9.78. The Bertz CT molecular complexity index is 371. The van der Waals surface area contributed by atoms with Gasteiger partial charge in [0.2, 0.25) is 0 Å². The van der Waals surface area contributed by atoms with Crippen LogP contribution in [0.2, 0.25) is 0 Å². The fourth-order valence-electron chi connectivity index (χ4n) is 1.71. The van der Waals surface area contributed by atoms with Crippen LogP contribution in [0.5, 0.6) is 0 Å². The molecule has 80 valence electrons. The van der Waals surface area contributed by atoms with Crippen LogP contribution >= 0.6 is 0 Å². The molecule has 0 spiro atoms. The molecule has 0 aromatic carbocycles. The van der Waals surface area contributed by atoms with Crippen LogP contribution in [0, 0.1) is 10.1 Å². The maximum Gasteiger partial charge on any atom is 0.287 e. The van der Waals surface area contributed by atoms with Gasteiger partial charge in [0.15, 0.2) is 0 Å². The lowest BCUT2D eigenvalue weighted by molar-refractivity contribution is -0.385. The standard InChI is InChI=1S/C10H13N3O2/c1-10(5-2-6-10)12-9-4-3-8(7-11-9)13(14)15/h3-4,7H,2,5-6H2,1H3,(H,11,12). The van der Waals surface area contributed by atoms with Crippen molar-refractivity contribution in [3.8, 4) is 0 Å². The number of pyridine rings is 1. The van der Waals surface area contributed by atoms with Crippen LogP contribution in [0.3, 0.4) is 0 Å². The molecule has 2 rings (SSSR count). The summed E-state index contributed by atoms with van der Waals surface area (Å²) in [5, 5.41) is 13.7. The van der Waals surface area contributed by atoms with Gasteiger partial charge in [-0.1, -0.05) is 0 Å². The van der Waals surface area contributed by atoms with E-state index in [-0.39, 0.29) is 11.2 Å². The van der Waals surface area contributed by atoms with Crippen LogP contribution in [0.25, 0.3) is 0 Å². The highest BCUT2D eigenvalue weighted by Crippen LogP contribution is 2.34. The molecule has 0 aliphatic heterocycles.